The maximum atomic E-state index is 12.7. The minimum atomic E-state index is -0.309. The highest BCUT2D eigenvalue weighted by Crippen LogP contribution is 2.40. The molecule has 0 spiro atoms. The van der Waals surface area contributed by atoms with Gasteiger partial charge in [-0.2, -0.15) is 4.98 Å². The average molecular weight is 347 g/mol. The molecule has 1 aliphatic carbocycles. The van der Waals surface area contributed by atoms with E-state index in [4.69, 9.17) is 10.3 Å². The van der Waals surface area contributed by atoms with Gasteiger partial charge in [-0.3, -0.25) is 14.5 Å². The number of carbonyl (C=O) groups excluding carboxylic acids is 2. The first-order valence-corrected chi connectivity index (χ1v) is 9.26. The molecule has 4 rings (SSSR count). The Morgan fingerprint density at radius 3 is 2.72 bits per heavy atom. The highest BCUT2D eigenvalue weighted by molar-refractivity contribution is 5.81. The van der Waals surface area contributed by atoms with E-state index in [9.17, 15) is 9.59 Å². The molecule has 25 heavy (non-hydrogen) atoms. The van der Waals surface area contributed by atoms with Crippen molar-refractivity contribution in [3.05, 3.63) is 11.7 Å². The summed E-state index contributed by atoms with van der Waals surface area (Å²) >= 11 is 0. The molecule has 2 amide bonds. The Morgan fingerprint density at radius 2 is 1.96 bits per heavy atom. The normalized spacial score (nSPS) is 27.6. The lowest BCUT2D eigenvalue weighted by atomic mass is 9.97. The van der Waals surface area contributed by atoms with Crippen molar-refractivity contribution in [1.29, 1.82) is 0 Å². The summed E-state index contributed by atoms with van der Waals surface area (Å²) in [6, 6.07) is 0.0527. The fraction of sp³-hybridized carbons (Fsp3) is 0.765. The van der Waals surface area contributed by atoms with E-state index in [1.807, 2.05) is 0 Å². The lowest BCUT2D eigenvalue weighted by Crippen LogP contribution is -2.47. The second kappa shape index (κ2) is 6.74. The molecule has 2 aliphatic heterocycles. The number of nitrogens with zero attached hydrogens (tertiary/aromatic N) is 4. The predicted molar refractivity (Wildman–Crippen MR) is 88.3 cm³/mol. The third-order valence-electron chi connectivity index (χ3n) is 5.56. The van der Waals surface area contributed by atoms with Crippen LogP contribution >= 0.6 is 0 Å². The fourth-order valence-corrected chi connectivity index (χ4v) is 3.90. The number of carbonyl (C=O) groups is 2. The van der Waals surface area contributed by atoms with Crippen LogP contribution in [-0.4, -0.2) is 57.9 Å². The van der Waals surface area contributed by atoms with Crippen LogP contribution in [0.4, 0.5) is 0 Å². The number of primary amides is 1. The van der Waals surface area contributed by atoms with Crippen molar-refractivity contribution in [2.24, 2.45) is 11.7 Å². The summed E-state index contributed by atoms with van der Waals surface area (Å²) in [4.78, 5) is 32.6. The van der Waals surface area contributed by atoms with Gasteiger partial charge in [-0.05, 0) is 45.1 Å². The Morgan fingerprint density at radius 1 is 1.16 bits per heavy atom. The van der Waals surface area contributed by atoms with Crippen molar-refractivity contribution >= 4 is 11.8 Å². The van der Waals surface area contributed by atoms with Crippen LogP contribution in [0.25, 0.3) is 0 Å². The molecule has 0 bridgehead atoms. The Balaban J connectivity index is 1.38. The van der Waals surface area contributed by atoms with E-state index in [-0.39, 0.29) is 23.8 Å². The summed E-state index contributed by atoms with van der Waals surface area (Å²) in [6.45, 7) is 2.34. The van der Waals surface area contributed by atoms with Crippen molar-refractivity contribution in [1.82, 2.24) is 19.9 Å². The number of amides is 2. The zero-order chi connectivity index (χ0) is 17.4. The first-order valence-electron chi connectivity index (χ1n) is 9.26. The van der Waals surface area contributed by atoms with Crippen LogP contribution in [-0.2, 0) is 9.59 Å². The molecule has 0 aromatic carbocycles. The van der Waals surface area contributed by atoms with Crippen LogP contribution in [0, 0.1) is 5.92 Å². The smallest absolute Gasteiger partial charge is 0.236 e. The summed E-state index contributed by atoms with van der Waals surface area (Å²) in [5.41, 5.74) is 5.41. The van der Waals surface area contributed by atoms with Gasteiger partial charge in [0.1, 0.15) is 0 Å². The van der Waals surface area contributed by atoms with E-state index in [0.717, 1.165) is 51.0 Å². The van der Waals surface area contributed by atoms with Crippen LogP contribution in [0.15, 0.2) is 4.52 Å². The number of rotatable bonds is 5. The summed E-state index contributed by atoms with van der Waals surface area (Å²) in [5.74, 6) is 1.43. The van der Waals surface area contributed by atoms with E-state index >= 15 is 0 Å². The van der Waals surface area contributed by atoms with Crippen molar-refractivity contribution in [2.75, 3.05) is 26.2 Å². The molecular weight excluding hydrogens is 322 g/mol. The van der Waals surface area contributed by atoms with Crippen LogP contribution < -0.4 is 5.73 Å². The maximum Gasteiger partial charge on any atom is 0.236 e. The van der Waals surface area contributed by atoms with Gasteiger partial charge in [0.2, 0.25) is 17.7 Å². The summed E-state index contributed by atoms with van der Waals surface area (Å²) in [6.07, 6.45) is 5.83. The number of nitrogens with two attached hydrogens (primary N) is 1. The van der Waals surface area contributed by atoms with Crippen LogP contribution in [0.5, 0.6) is 0 Å². The van der Waals surface area contributed by atoms with Crippen molar-refractivity contribution in [3.63, 3.8) is 0 Å². The van der Waals surface area contributed by atoms with E-state index in [0.29, 0.717) is 31.4 Å². The van der Waals surface area contributed by atoms with Gasteiger partial charge in [-0.15, -0.1) is 0 Å². The van der Waals surface area contributed by atoms with Crippen molar-refractivity contribution in [2.45, 2.75) is 50.5 Å². The monoisotopic (exact) mass is 347 g/mol. The molecule has 0 radical (unpaired) electrons. The minimum absolute atomic E-state index is 0.0527. The Bertz CT molecular complexity index is 656. The van der Waals surface area contributed by atoms with Crippen molar-refractivity contribution in [3.8, 4) is 0 Å². The largest absolute Gasteiger partial charge is 0.369 e. The third kappa shape index (κ3) is 3.53. The van der Waals surface area contributed by atoms with Gasteiger partial charge in [0.25, 0.3) is 0 Å². The molecule has 8 heteroatoms. The van der Waals surface area contributed by atoms with E-state index in [1.54, 1.807) is 4.90 Å². The molecule has 8 nitrogen and oxygen atoms in total. The van der Waals surface area contributed by atoms with Gasteiger partial charge >= 0.3 is 0 Å². The Hall–Kier alpha value is -1.96. The second-order valence-corrected chi connectivity index (χ2v) is 7.47. The maximum absolute atomic E-state index is 12.7. The van der Waals surface area contributed by atoms with Gasteiger partial charge in [-0.25, -0.2) is 0 Å². The number of hydrogen-bond donors (Lipinski definition) is 1. The van der Waals surface area contributed by atoms with Crippen LogP contribution in [0.1, 0.15) is 62.2 Å². The number of likely N-dealkylation sites (tertiary alicyclic amines) is 2. The highest BCUT2D eigenvalue weighted by atomic mass is 16.5. The number of hydrogen-bond acceptors (Lipinski definition) is 6. The van der Waals surface area contributed by atoms with Gasteiger partial charge in [0.05, 0.1) is 18.5 Å². The van der Waals surface area contributed by atoms with Crippen molar-refractivity contribution < 1.29 is 14.1 Å². The summed E-state index contributed by atoms with van der Waals surface area (Å²) < 4.78 is 5.38. The first kappa shape index (κ1) is 16.5. The van der Waals surface area contributed by atoms with E-state index in [2.05, 4.69) is 15.0 Å². The summed E-state index contributed by atoms with van der Waals surface area (Å²) in [7, 11) is 0. The predicted octanol–water partition coefficient (Wildman–Crippen LogP) is 0.808. The van der Waals surface area contributed by atoms with Crippen LogP contribution in [0.3, 0.4) is 0 Å². The first-order chi connectivity index (χ1) is 12.1. The van der Waals surface area contributed by atoms with Crippen LogP contribution in [0.2, 0.25) is 0 Å². The molecule has 0 unspecified atom stereocenters. The average Bonchev–Trinajstić information content (AvgIpc) is 3.16. The van der Waals surface area contributed by atoms with E-state index in [1.165, 1.54) is 0 Å². The highest BCUT2D eigenvalue weighted by Gasteiger charge is 2.36. The fourth-order valence-electron chi connectivity index (χ4n) is 3.90. The Kier molecular flexibility index (Phi) is 4.45. The minimum Gasteiger partial charge on any atom is -0.369 e. The lowest BCUT2D eigenvalue weighted by molar-refractivity contribution is -0.136. The van der Waals surface area contributed by atoms with Gasteiger partial charge in [0.15, 0.2) is 5.82 Å². The molecule has 3 heterocycles. The molecule has 3 fully saturated rings. The molecule has 3 aliphatic rings. The molecule has 2 saturated heterocycles. The van der Waals surface area contributed by atoms with E-state index < -0.39 is 0 Å². The third-order valence-corrected chi connectivity index (χ3v) is 5.56. The van der Waals surface area contributed by atoms with Gasteiger partial charge in [0, 0.05) is 19.0 Å². The SMILES string of the molecule is NC(=O)[C@H]1CCCN(C(=O)CN2CCC[C@H]2c2noc(C3CC3)n2)C1. The van der Waals surface area contributed by atoms with Gasteiger partial charge < -0.3 is 15.2 Å². The molecule has 1 saturated carbocycles. The lowest BCUT2D eigenvalue weighted by Gasteiger charge is -2.33. The zero-order valence-corrected chi connectivity index (χ0v) is 14.4. The second-order valence-electron chi connectivity index (χ2n) is 7.47. The summed E-state index contributed by atoms with van der Waals surface area (Å²) in [5, 5.41) is 4.15. The molecular formula is C17H25N5O3. The molecule has 1 aromatic heterocycles. The Labute approximate surface area is 146 Å². The zero-order valence-electron chi connectivity index (χ0n) is 14.4. The molecule has 2 atom stereocenters. The molecule has 1 aromatic rings. The number of aromatic nitrogens is 2. The van der Waals surface area contributed by atoms with Gasteiger partial charge in [-0.1, -0.05) is 5.16 Å². The number of piperidine rings is 1. The standard InChI is InChI=1S/C17H25N5O3/c18-15(24)12-3-1-8-22(9-12)14(23)10-21-7-2-4-13(21)16-19-17(25-20-16)11-5-6-11/h11-13H,1-10H2,(H2,18,24)/t12-,13-/m0/s1. The quantitative estimate of drug-likeness (QED) is 0.845. The molecule has 2 N–H and O–H groups in total. The molecule has 136 valence electrons. The topological polar surface area (TPSA) is 106 Å².